The SMILES string of the molecule is COCC(CCN)Nc1ccc2ccccc2n1. The van der Waals surface area contributed by atoms with Gasteiger partial charge in [0.25, 0.3) is 0 Å². The van der Waals surface area contributed by atoms with Crippen molar-refractivity contribution < 1.29 is 4.74 Å². The summed E-state index contributed by atoms with van der Waals surface area (Å²) in [5, 5.41) is 4.50. The third kappa shape index (κ3) is 3.18. The van der Waals surface area contributed by atoms with Gasteiger partial charge in [-0.1, -0.05) is 18.2 Å². The van der Waals surface area contributed by atoms with Crippen LogP contribution in [-0.4, -0.2) is 31.3 Å². The van der Waals surface area contributed by atoms with Crippen LogP contribution in [0.4, 0.5) is 5.82 Å². The maximum absolute atomic E-state index is 5.59. The summed E-state index contributed by atoms with van der Waals surface area (Å²) in [6.07, 6.45) is 0.863. The number of nitrogens with one attached hydrogen (secondary N) is 1. The van der Waals surface area contributed by atoms with Gasteiger partial charge in [-0.3, -0.25) is 0 Å². The minimum absolute atomic E-state index is 0.202. The van der Waals surface area contributed by atoms with Gasteiger partial charge >= 0.3 is 0 Å². The number of para-hydroxylation sites is 1. The molecule has 0 fully saturated rings. The third-order valence-corrected chi connectivity index (χ3v) is 2.83. The number of aromatic nitrogens is 1. The minimum Gasteiger partial charge on any atom is -0.383 e. The largest absolute Gasteiger partial charge is 0.383 e. The summed E-state index contributed by atoms with van der Waals surface area (Å²) in [6, 6.07) is 12.3. The Morgan fingerprint density at radius 1 is 1.28 bits per heavy atom. The van der Waals surface area contributed by atoms with Crippen LogP contribution in [0, 0.1) is 0 Å². The molecule has 3 N–H and O–H groups in total. The van der Waals surface area contributed by atoms with Gasteiger partial charge in [0.2, 0.25) is 0 Å². The van der Waals surface area contributed by atoms with Crippen molar-refractivity contribution in [2.75, 3.05) is 25.6 Å². The molecule has 1 heterocycles. The second-order valence-corrected chi connectivity index (χ2v) is 4.26. The summed E-state index contributed by atoms with van der Waals surface area (Å²) in [5.74, 6) is 0.865. The highest BCUT2D eigenvalue weighted by atomic mass is 16.5. The smallest absolute Gasteiger partial charge is 0.126 e. The number of hydrogen-bond donors (Lipinski definition) is 2. The average molecular weight is 245 g/mol. The monoisotopic (exact) mass is 245 g/mol. The predicted molar refractivity (Wildman–Crippen MR) is 74.7 cm³/mol. The molecule has 18 heavy (non-hydrogen) atoms. The minimum atomic E-state index is 0.202. The van der Waals surface area contributed by atoms with Gasteiger partial charge < -0.3 is 15.8 Å². The second-order valence-electron chi connectivity index (χ2n) is 4.26. The number of ether oxygens (including phenoxy) is 1. The highest BCUT2D eigenvalue weighted by molar-refractivity contribution is 5.80. The van der Waals surface area contributed by atoms with E-state index in [1.807, 2.05) is 24.3 Å². The van der Waals surface area contributed by atoms with E-state index in [-0.39, 0.29) is 6.04 Å². The van der Waals surface area contributed by atoms with Gasteiger partial charge in [0, 0.05) is 12.5 Å². The molecule has 0 radical (unpaired) electrons. The third-order valence-electron chi connectivity index (χ3n) is 2.83. The number of rotatable bonds is 6. The molecule has 0 aliphatic carbocycles. The Hall–Kier alpha value is -1.65. The summed E-state index contributed by atoms with van der Waals surface area (Å²) >= 11 is 0. The molecule has 0 aliphatic rings. The van der Waals surface area contributed by atoms with Crippen LogP contribution in [0.2, 0.25) is 0 Å². The van der Waals surface area contributed by atoms with Crippen LogP contribution in [0.5, 0.6) is 0 Å². The molecule has 4 heteroatoms. The number of anilines is 1. The average Bonchev–Trinajstić information content (AvgIpc) is 2.39. The van der Waals surface area contributed by atoms with E-state index >= 15 is 0 Å². The highest BCUT2D eigenvalue weighted by Crippen LogP contribution is 2.15. The van der Waals surface area contributed by atoms with Crippen LogP contribution >= 0.6 is 0 Å². The summed E-state index contributed by atoms with van der Waals surface area (Å²) in [5.41, 5.74) is 6.58. The molecular formula is C14H19N3O. The molecule has 2 rings (SSSR count). The van der Waals surface area contributed by atoms with Gasteiger partial charge in [0.1, 0.15) is 5.82 Å². The fourth-order valence-corrected chi connectivity index (χ4v) is 1.96. The molecule has 1 unspecified atom stereocenters. The summed E-state index contributed by atoms with van der Waals surface area (Å²) in [7, 11) is 1.69. The van der Waals surface area contributed by atoms with Gasteiger partial charge in [-0.25, -0.2) is 4.98 Å². The Balaban J connectivity index is 2.14. The molecular weight excluding hydrogens is 226 g/mol. The van der Waals surface area contributed by atoms with Crippen LogP contribution in [0.3, 0.4) is 0 Å². The van der Waals surface area contributed by atoms with Crippen molar-refractivity contribution in [2.24, 2.45) is 5.73 Å². The van der Waals surface area contributed by atoms with E-state index in [4.69, 9.17) is 10.5 Å². The molecule has 0 amide bonds. The normalized spacial score (nSPS) is 12.6. The molecule has 96 valence electrons. The van der Waals surface area contributed by atoms with E-state index in [0.717, 1.165) is 23.1 Å². The zero-order valence-corrected chi connectivity index (χ0v) is 10.6. The fourth-order valence-electron chi connectivity index (χ4n) is 1.96. The Bertz CT molecular complexity index is 495. The van der Waals surface area contributed by atoms with E-state index in [2.05, 4.69) is 22.4 Å². The number of fused-ring (bicyclic) bond motifs is 1. The van der Waals surface area contributed by atoms with Gasteiger partial charge in [0.05, 0.1) is 18.2 Å². The predicted octanol–water partition coefficient (Wildman–Crippen LogP) is 2.01. The van der Waals surface area contributed by atoms with Crippen LogP contribution < -0.4 is 11.1 Å². The van der Waals surface area contributed by atoms with Crippen molar-refractivity contribution >= 4 is 16.7 Å². The van der Waals surface area contributed by atoms with Crippen molar-refractivity contribution in [3.8, 4) is 0 Å². The zero-order chi connectivity index (χ0) is 12.8. The summed E-state index contributed by atoms with van der Waals surface area (Å²) in [4.78, 5) is 4.57. The highest BCUT2D eigenvalue weighted by Gasteiger charge is 2.08. The lowest BCUT2D eigenvalue weighted by Crippen LogP contribution is -2.28. The molecule has 0 bridgehead atoms. The molecule has 0 saturated carbocycles. The Labute approximate surface area is 107 Å². The molecule has 1 aromatic heterocycles. The molecule has 0 spiro atoms. The topological polar surface area (TPSA) is 60.2 Å². The fraction of sp³-hybridized carbons (Fsp3) is 0.357. The molecule has 4 nitrogen and oxygen atoms in total. The maximum Gasteiger partial charge on any atom is 0.126 e. The van der Waals surface area contributed by atoms with Gasteiger partial charge in [-0.15, -0.1) is 0 Å². The van der Waals surface area contributed by atoms with Crippen molar-refractivity contribution in [3.05, 3.63) is 36.4 Å². The lowest BCUT2D eigenvalue weighted by molar-refractivity contribution is 0.183. The van der Waals surface area contributed by atoms with Crippen molar-refractivity contribution in [1.29, 1.82) is 0 Å². The van der Waals surface area contributed by atoms with E-state index < -0.39 is 0 Å². The molecule has 1 atom stereocenters. The lowest BCUT2D eigenvalue weighted by Gasteiger charge is -2.17. The maximum atomic E-state index is 5.59. The standard InChI is InChI=1S/C14H19N3O/c1-18-10-12(8-9-15)16-14-7-6-11-4-2-3-5-13(11)17-14/h2-7,12H,8-10,15H2,1H3,(H,16,17). The first kappa shape index (κ1) is 12.8. The number of nitrogens with two attached hydrogens (primary N) is 1. The van der Waals surface area contributed by atoms with Crippen LogP contribution in [0.25, 0.3) is 10.9 Å². The second kappa shape index (κ2) is 6.33. The van der Waals surface area contributed by atoms with E-state index in [9.17, 15) is 0 Å². The van der Waals surface area contributed by atoms with Crippen LogP contribution in [-0.2, 0) is 4.74 Å². The number of nitrogens with zero attached hydrogens (tertiary/aromatic N) is 1. The first-order valence-electron chi connectivity index (χ1n) is 6.15. The number of hydrogen-bond acceptors (Lipinski definition) is 4. The summed E-state index contributed by atoms with van der Waals surface area (Å²) < 4.78 is 5.17. The van der Waals surface area contributed by atoms with Crippen LogP contribution in [0.15, 0.2) is 36.4 Å². The van der Waals surface area contributed by atoms with Crippen molar-refractivity contribution in [3.63, 3.8) is 0 Å². The number of methoxy groups -OCH3 is 1. The van der Waals surface area contributed by atoms with Gasteiger partial charge in [-0.05, 0) is 31.2 Å². The zero-order valence-electron chi connectivity index (χ0n) is 10.6. The Morgan fingerprint density at radius 2 is 2.11 bits per heavy atom. The lowest BCUT2D eigenvalue weighted by atomic mass is 10.2. The quantitative estimate of drug-likeness (QED) is 0.817. The van der Waals surface area contributed by atoms with E-state index in [1.54, 1.807) is 7.11 Å². The van der Waals surface area contributed by atoms with Crippen molar-refractivity contribution in [1.82, 2.24) is 4.98 Å². The van der Waals surface area contributed by atoms with E-state index in [1.165, 1.54) is 0 Å². The number of pyridine rings is 1. The molecule has 1 aromatic carbocycles. The number of benzene rings is 1. The Morgan fingerprint density at radius 3 is 2.89 bits per heavy atom. The molecule has 0 saturated heterocycles. The van der Waals surface area contributed by atoms with Gasteiger partial charge in [-0.2, -0.15) is 0 Å². The first-order chi connectivity index (χ1) is 8.83. The molecule has 0 aliphatic heterocycles. The van der Waals surface area contributed by atoms with E-state index in [0.29, 0.717) is 13.2 Å². The first-order valence-corrected chi connectivity index (χ1v) is 6.15. The van der Waals surface area contributed by atoms with Crippen molar-refractivity contribution in [2.45, 2.75) is 12.5 Å². The summed E-state index contributed by atoms with van der Waals surface area (Å²) in [6.45, 7) is 1.26. The Kier molecular flexibility index (Phi) is 4.50. The molecule has 2 aromatic rings. The van der Waals surface area contributed by atoms with Crippen LogP contribution in [0.1, 0.15) is 6.42 Å². The van der Waals surface area contributed by atoms with Gasteiger partial charge in [0.15, 0.2) is 0 Å².